The molecular formula is C18H12ClN5O3S. The largest absolute Gasteiger partial charge is 0.319 e. The van der Waals surface area contributed by atoms with Gasteiger partial charge in [-0.3, -0.25) is 14.9 Å². The van der Waals surface area contributed by atoms with Crippen molar-refractivity contribution in [1.29, 1.82) is 0 Å². The van der Waals surface area contributed by atoms with Crippen LogP contribution >= 0.6 is 22.9 Å². The fraction of sp³-hybridized carbons (Fsp3) is 0.0556. The molecule has 2 aromatic heterocycles. The molecule has 140 valence electrons. The van der Waals surface area contributed by atoms with Crippen LogP contribution in [0, 0.1) is 10.1 Å². The number of nitrogens with one attached hydrogen (secondary N) is 1. The topological polar surface area (TPSA) is 103 Å². The standard InChI is InChI=1S/C18H12ClN5O3S/c19-11-5-6-16(24(26)27)13(7-11)21-17(25)8-23-15-4-2-1-3-12(15)22-18(23)14-9-28-10-20-14/h1-7,9-10H,8H2,(H,21,25). The third-order valence-electron chi connectivity index (χ3n) is 4.05. The van der Waals surface area contributed by atoms with Crippen molar-refractivity contribution >= 4 is 51.3 Å². The molecule has 0 saturated carbocycles. The van der Waals surface area contributed by atoms with Gasteiger partial charge in [0, 0.05) is 16.5 Å². The van der Waals surface area contributed by atoms with Gasteiger partial charge in [0.05, 0.1) is 21.5 Å². The minimum absolute atomic E-state index is 0.0436. The molecule has 2 heterocycles. The van der Waals surface area contributed by atoms with E-state index in [9.17, 15) is 14.9 Å². The number of carbonyl (C=O) groups is 1. The Bertz CT molecular complexity index is 1190. The minimum Gasteiger partial charge on any atom is -0.319 e. The first-order valence-electron chi connectivity index (χ1n) is 8.10. The zero-order valence-corrected chi connectivity index (χ0v) is 15.8. The Morgan fingerprint density at radius 3 is 2.86 bits per heavy atom. The lowest BCUT2D eigenvalue weighted by molar-refractivity contribution is -0.383. The van der Waals surface area contributed by atoms with Gasteiger partial charge in [-0.15, -0.1) is 11.3 Å². The molecule has 0 aliphatic rings. The van der Waals surface area contributed by atoms with E-state index in [1.165, 1.54) is 29.5 Å². The Hall–Kier alpha value is -3.30. The lowest BCUT2D eigenvalue weighted by Crippen LogP contribution is -2.20. The molecule has 1 amide bonds. The maximum Gasteiger partial charge on any atom is 0.292 e. The van der Waals surface area contributed by atoms with Crippen LogP contribution < -0.4 is 5.32 Å². The summed E-state index contributed by atoms with van der Waals surface area (Å²) in [5.41, 5.74) is 3.65. The summed E-state index contributed by atoms with van der Waals surface area (Å²) in [5.74, 6) is 0.114. The van der Waals surface area contributed by atoms with Gasteiger partial charge in [0.15, 0.2) is 5.82 Å². The van der Waals surface area contributed by atoms with E-state index in [0.717, 1.165) is 11.0 Å². The number of halogens is 1. The van der Waals surface area contributed by atoms with Crippen LogP contribution in [-0.4, -0.2) is 25.4 Å². The molecule has 2 aromatic carbocycles. The fourth-order valence-electron chi connectivity index (χ4n) is 2.85. The van der Waals surface area contributed by atoms with Crippen molar-refractivity contribution < 1.29 is 9.72 Å². The number of hydrogen-bond donors (Lipinski definition) is 1. The molecule has 8 nitrogen and oxygen atoms in total. The van der Waals surface area contributed by atoms with Gasteiger partial charge in [0.25, 0.3) is 5.69 Å². The fourth-order valence-corrected chi connectivity index (χ4v) is 3.56. The number of nitrogens with zero attached hydrogens (tertiary/aromatic N) is 4. The number of aromatic nitrogens is 3. The Kier molecular flexibility index (Phi) is 4.76. The van der Waals surface area contributed by atoms with Crippen LogP contribution in [0.25, 0.3) is 22.6 Å². The first-order valence-corrected chi connectivity index (χ1v) is 9.42. The van der Waals surface area contributed by atoms with Gasteiger partial charge in [-0.25, -0.2) is 9.97 Å². The van der Waals surface area contributed by atoms with Crippen LogP contribution in [-0.2, 0) is 11.3 Å². The van der Waals surface area contributed by atoms with E-state index in [4.69, 9.17) is 11.6 Å². The van der Waals surface area contributed by atoms with Crippen LogP contribution in [0.2, 0.25) is 5.02 Å². The Morgan fingerprint density at radius 1 is 1.29 bits per heavy atom. The minimum atomic E-state index is -0.570. The van der Waals surface area contributed by atoms with Gasteiger partial charge >= 0.3 is 0 Å². The number of thiazole rings is 1. The van der Waals surface area contributed by atoms with Crippen LogP contribution in [0.1, 0.15) is 0 Å². The predicted molar refractivity (Wildman–Crippen MR) is 108 cm³/mol. The molecule has 0 bridgehead atoms. The summed E-state index contributed by atoms with van der Waals surface area (Å²) >= 11 is 7.35. The summed E-state index contributed by atoms with van der Waals surface area (Å²) in [6.45, 7) is -0.0863. The van der Waals surface area contributed by atoms with Crippen molar-refractivity contribution in [2.45, 2.75) is 6.54 Å². The van der Waals surface area contributed by atoms with Gasteiger partial charge in [-0.05, 0) is 24.3 Å². The summed E-state index contributed by atoms with van der Waals surface area (Å²) in [6, 6.07) is 11.4. The third kappa shape index (κ3) is 3.45. The molecule has 0 unspecified atom stereocenters. The highest BCUT2D eigenvalue weighted by atomic mass is 35.5. The van der Waals surface area contributed by atoms with E-state index < -0.39 is 10.8 Å². The number of nitro benzene ring substituents is 1. The number of hydrogen-bond acceptors (Lipinski definition) is 6. The van der Waals surface area contributed by atoms with Crippen molar-refractivity contribution in [1.82, 2.24) is 14.5 Å². The van der Waals surface area contributed by atoms with Crippen molar-refractivity contribution in [2.24, 2.45) is 0 Å². The monoisotopic (exact) mass is 413 g/mol. The second kappa shape index (κ2) is 7.37. The maximum absolute atomic E-state index is 12.7. The lowest BCUT2D eigenvalue weighted by Gasteiger charge is -2.10. The normalized spacial score (nSPS) is 10.9. The molecule has 0 atom stereocenters. The molecule has 4 rings (SSSR count). The number of benzene rings is 2. The van der Waals surface area contributed by atoms with Gasteiger partial charge in [0.1, 0.15) is 17.9 Å². The number of carbonyl (C=O) groups excluding carboxylic acids is 1. The van der Waals surface area contributed by atoms with Crippen molar-refractivity contribution in [2.75, 3.05) is 5.32 Å². The Morgan fingerprint density at radius 2 is 2.11 bits per heavy atom. The first kappa shape index (κ1) is 18.1. The highest BCUT2D eigenvalue weighted by molar-refractivity contribution is 7.07. The van der Waals surface area contributed by atoms with E-state index in [1.807, 2.05) is 29.6 Å². The van der Waals surface area contributed by atoms with Crippen LogP contribution in [0.4, 0.5) is 11.4 Å². The first-order chi connectivity index (χ1) is 13.5. The highest BCUT2D eigenvalue weighted by Crippen LogP contribution is 2.28. The number of rotatable bonds is 5. The predicted octanol–water partition coefficient (Wildman–Crippen LogP) is 4.36. The molecule has 10 heteroatoms. The van der Waals surface area contributed by atoms with E-state index >= 15 is 0 Å². The zero-order valence-electron chi connectivity index (χ0n) is 14.2. The maximum atomic E-state index is 12.7. The lowest BCUT2D eigenvalue weighted by atomic mass is 10.2. The molecule has 0 aliphatic carbocycles. The van der Waals surface area contributed by atoms with Gasteiger partial charge < -0.3 is 9.88 Å². The molecule has 0 spiro atoms. The molecule has 0 saturated heterocycles. The second-order valence-electron chi connectivity index (χ2n) is 5.85. The number of fused-ring (bicyclic) bond motifs is 1. The zero-order chi connectivity index (χ0) is 19.7. The molecule has 0 radical (unpaired) electrons. The highest BCUT2D eigenvalue weighted by Gasteiger charge is 2.19. The number of imidazole rings is 1. The van der Waals surface area contributed by atoms with Crippen LogP contribution in [0.15, 0.2) is 53.4 Å². The van der Waals surface area contributed by atoms with Crippen LogP contribution in [0.5, 0.6) is 0 Å². The summed E-state index contributed by atoms with van der Waals surface area (Å²) < 4.78 is 1.73. The SMILES string of the molecule is O=C(Cn1c(-c2cscn2)nc2ccccc21)Nc1cc(Cl)ccc1[N+](=O)[O-]. The Labute approximate surface area is 167 Å². The summed E-state index contributed by atoms with van der Waals surface area (Å²) in [5, 5.41) is 15.9. The smallest absolute Gasteiger partial charge is 0.292 e. The average Bonchev–Trinajstić information content (AvgIpc) is 3.30. The van der Waals surface area contributed by atoms with Gasteiger partial charge in [0.2, 0.25) is 5.91 Å². The van der Waals surface area contributed by atoms with E-state index in [-0.39, 0.29) is 22.9 Å². The van der Waals surface area contributed by atoms with Crippen molar-refractivity contribution in [3.05, 3.63) is 68.5 Å². The summed E-state index contributed by atoms with van der Waals surface area (Å²) in [4.78, 5) is 32.2. The summed E-state index contributed by atoms with van der Waals surface area (Å²) in [7, 11) is 0. The molecule has 0 fully saturated rings. The van der Waals surface area contributed by atoms with Gasteiger partial charge in [-0.2, -0.15) is 0 Å². The molecule has 4 aromatic rings. The van der Waals surface area contributed by atoms with E-state index in [1.54, 1.807) is 10.1 Å². The molecule has 1 N–H and O–H groups in total. The number of amides is 1. The molecule has 28 heavy (non-hydrogen) atoms. The second-order valence-corrected chi connectivity index (χ2v) is 7.01. The van der Waals surface area contributed by atoms with Crippen LogP contribution in [0.3, 0.4) is 0 Å². The number of nitro groups is 1. The Balaban J connectivity index is 1.69. The van der Waals surface area contributed by atoms with Crippen molar-refractivity contribution in [3.63, 3.8) is 0 Å². The average molecular weight is 414 g/mol. The van der Waals surface area contributed by atoms with E-state index in [0.29, 0.717) is 11.5 Å². The summed E-state index contributed by atoms with van der Waals surface area (Å²) in [6.07, 6.45) is 0. The van der Waals surface area contributed by atoms with Crippen molar-refractivity contribution in [3.8, 4) is 11.5 Å². The third-order valence-corrected chi connectivity index (χ3v) is 4.87. The molecular weight excluding hydrogens is 402 g/mol. The van der Waals surface area contributed by atoms with E-state index in [2.05, 4.69) is 15.3 Å². The molecule has 0 aliphatic heterocycles. The van der Waals surface area contributed by atoms with Gasteiger partial charge in [-0.1, -0.05) is 23.7 Å². The number of anilines is 1. The quantitative estimate of drug-likeness (QED) is 0.386. The number of para-hydroxylation sites is 2.